The first-order valence-electron chi connectivity index (χ1n) is 10.2. The van der Waals surface area contributed by atoms with Gasteiger partial charge in [0.25, 0.3) is 0 Å². The third-order valence-electron chi connectivity index (χ3n) is 6.01. The Morgan fingerprint density at radius 1 is 1.08 bits per heavy atom. The minimum Gasteiger partial charge on any atom is -0.388 e. The molecule has 6 heteroatoms. The summed E-state index contributed by atoms with van der Waals surface area (Å²) in [5.74, 6) is 1.01. The molecule has 2 N–H and O–H groups in total. The smallest absolute Gasteiger partial charge is 0.194 e. The number of aliphatic imine (C=N–C) groups is 1. The number of likely N-dealkylation sites (tertiary alicyclic amines) is 2. The fourth-order valence-corrected chi connectivity index (χ4v) is 4.53. The third-order valence-corrected chi connectivity index (χ3v) is 6.01. The van der Waals surface area contributed by atoms with E-state index in [0.29, 0.717) is 12.6 Å². The molecular weight excluding hydrogens is 427 g/mol. The van der Waals surface area contributed by atoms with Crippen LogP contribution in [0.2, 0.25) is 0 Å². The highest BCUT2D eigenvalue weighted by Crippen LogP contribution is 2.28. The van der Waals surface area contributed by atoms with E-state index in [1.807, 2.05) is 0 Å². The fourth-order valence-electron chi connectivity index (χ4n) is 4.53. The summed E-state index contributed by atoms with van der Waals surface area (Å²) >= 11 is 0. The molecule has 0 radical (unpaired) electrons. The van der Waals surface area contributed by atoms with Gasteiger partial charge in [0.05, 0.1) is 12.1 Å². The Kier molecular flexibility index (Phi) is 8.75. The summed E-state index contributed by atoms with van der Waals surface area (Å²) in [5, 5.41) is 14.2. The summed E-state index contributed by atoms with van der Waals surface area (Å²) in [6.45, 7) is 8.29. The second-order valence-electron chi connectivity index (χ2n) is 7.94. The number of nitrogens with zero attached hydrogens (tertiary/aromatic N) is 3. The second kappa shape index (κ2) is 10.3. The van der Waals surface area contributed by atoms with Gasteiger partial charge in [0.2, 0.25) is 0 Å². The molecule has 0 amide bonds. The van der Waals surface area contributed by atoms with Crippen LogP contribution >= 0.6 is 24.0 Å². The van der Waals surface area contributed by atoms with Crippen LogP contribution in [0.1, 0.15) is 64.7 Å². The molecule has 2 heterocycles. The SMILES string of the molecule is CCNC(=NCC1(O)CCCCC1)N1CCC(N2CCCCC2)C1.I. The van der Waals surface area contributed by atoms with Crippen molar-refractivity contribution in [3.8, 4) is 0 Å². The second-order valence-corrected chi connectivity index (χ2v) is 7.94. The third kappa shape index (κ3) is 5.96. The van der Waals surface area contributed by atoms with Crippen LogP contribution in [0.4, 0.5) is 0 Å². The van der Waals surface area contributed by atoms with Gasteiger partial charge < -0.3 is 15.3 Å². The van der Waals surface area contributed by atoms with E-state index in [1.165, 1.54) is 45.2 Å². The Bertz CT molecular complexity index is 420. The van der Waals surface area contributed by atoms with Crippen molar-refractivity contribution >= 4 is 29.9 Å². The molecule has 5 nitrogen and oxygen atoms in total. The molecule has 0 aromatic carbocycles. The van der Waals surface area contributed by atoms with Gasteiger partial charge in [0.1, 0.15) is 0 Å². The molecule has 3 aliphatic rings. The van der Waals surface area contributed by atoms with Gasteiger partial charge >= 0.3 is 0 Å². The largest absolute Gasteiger partial charge is 0.388 e. The summed E-state index contributed by atoms with van der Waals surface area (Å²) in [5.41, 5.74) is -0.565. The number of piperidine rings is 1. The molecule has 1 unspecified atom stereocenters. The Morgan fingerprint density at radius 2 is 1.76 bits per heavy atom. The van der Waals surface area contributed by atoms with E-state index in [0.717, 1.165) is 51.3 Å². The van der Waals surface area contributed by atoms with E-state index in [-0.39, 0.29) is 24.0 Å². The van der Waals surface area contributed by atoms with Gasteiger partial charge in [0.15, 0.2) is 5.96 Å². The molecule has 0 aromatic heterocycles. The maximum Gasteiger partial charge on any atom is 0.194 e. The molecule has 0 spiro atoms. The average molecular weight is 464 g/mol. The molecule has 3 fully saturated rings. The maximum atomic E-state index is 10.7. The van der Waals surface area contributed by atoms with Crippen molar-refractivity contribution in [3.05, 3.63) is 0 Å². The zero-order valence-electron chi connectivity index (χ0n) is 15.9. The van der Waals surface area contributed by atoms with Crippen molar-refractivity contribution in [1.29, 1.82) is 0 Å². The Morgan fingerprint density at radius 3 is 2.44 bits per heavy atom. The zero-order valence-corrected chi connectivity index (χ0v) is 18.2. The summed E-state index contributed by atoms with van der Waals surface area (Å²) in [6.07, 6.45) is 10.7. The first-order chi connectivity index (χ1) is 11.7. The fraction of sp³-hybridized carbons (Fsp3) is 0.947. The van der Waals surface area contributed by atoms with E-state index in [2.05, 4.69) is 22.0 Å². The number of nitrogens with one attached hydrogen (secondary N) is 1. The molecule has 0 bridgehead atoms. The first-order valence-corrected chi connectivity index (χ1v) is 10.2. The molecular formula is C19H37IN4O. The van der Waals surface area contributed by atoms with E-state index in [4.69, 9.17) is 4.99 Å². The van der Waals surface area contributed by atoms with Gasteiger partial charge in [-0.2, -0.15) is 0 Å². The highest BCUT2D eigenvalue weighted by molar-refractivity contribution is 14.0. The van der Waals surface area contributed by atoms with Crippen molar-refractivity contribution in [2.75, 3.05) is 39.3 Å². The summed E-state index contributed by atoms with van der Waals surface area (Å²) in [6, 6.07) is 0.687. The molecule has 25 heavy (non-hydrogen) atoms. The Balaban J connectivity index is 0.00000225. The van der Waals surface area contributed by atoms with Gasteiger partial charge in [-0.05, 0) is 52.1 Å². The minimum absolute atomic E-state index is 0. The lowest BCUT2D eigenvalue weighted by atomic mass is 9.85. The van der Waals surface area contributed by atoms with E-state index in [1.54, 1.807) is 0 Å². The minimum atomic E-state index is -0.565. The van der Waals surface area contributed by atoms with Crippen LogP contribution in [-0.4, -0.2) is 71.8 Å². The Labute approximate surface area is 170 Å². The number of hydrogen-bond acceptors (Lipinski definition) is 3. The van der Waals surface area contributed by atoms with E-state index in [9.17, 15) is 5.11 Å². The highest BCUT2D eigenvalue weighted by atomic mass is 127. The molecule has 2 aliphatic heterocycles. The molecule has 1 aliphatic carbocycles. The molecule has 1 saturated carbocycles. The average Bonchev–Trinajstić information content (AvgIpc) is 3.10. The molecule has 1 atom stereocenters. The van der Waals surface area contributed by atoms with Crippen LogP contribution in [-0.2, 0) is 0 Å². The summed E-state index contributed by atoms with van der Waals surface area (Å²) in [4.78, 5) is 9.93. The zero-order chi connectivity index (χ0) is 16.8. The standard InChI is InChI=1S/C19H36N4O.HI/c1-2-20-18(21-16-19(24)10-5-3-6-11-19)23-14-9-17(15-23)22-12-7-4-8-13-22;/h17,24H,2-16H2,1H3,(H,20,21);1H. The topological polar surface area (TPSA) is 51.1 Å². The quantitative estimate of drug-likeness (QED) is 0.382. The van der Waals surface area contributed by atoms with Crippen molar-refractivity contribution in [1.82, 2.24) is 15.1 Å². The van der Waals surface area contributed by atoms with Crippen molar-refractivity contribution in [3.63, 3.8) is 0 Å². The maximum absolute atomic E-state index is 10.7. The predicted molar refractivity (Wildman–Crippen MR) is 115 cm³/mol. The van der Waals surface area contributed by atoms with Crippen LogP contribution in [0.25, 0.3) is 0 Å². The lowest BCUT2D eigenvalue weighted by Crippen LogP contribution is -2.45. The van der Waals surface area contributed by atoms with Crippen molar-refractivity contribution in [2.24, 2.45) is 4.99 Å². The van der Waals surface area contributed by atoms with E-state index < -0.39 is 5.60 Å². The van der Waals surface area contributed by atoms with Gasteiger partial charge in [-0.25, -0.2) is 0 Å². The number of aliphatic hydroxyl groups is 1. The van der Waals surface area contributed by atoms with Gasteiger partial charge in [0, 0.05) is 25.7 Å². The van der Waals surface area contributed by atoms with Gasteiger partial charge in [-0.1, -0.05) is 25.7 Å². The number of hydrogen-bond donors (Lipinski definition) is 2. The monoisotopic (exact) mass is 464 g/mol. The van der Waals surface area contributed by atoms with Crippen LogP contribution in [0.5, 0.6) is 0 Å². The number of halogens is 1. The number of guanidine groups is 1. The summed E-state index contributed by atoms with van der Waals surface area (Å²) < 4.78 is 0. The molecule has 2 saturated heterocycles. The van der Waals surface area contributed by atoms with E-state index >= 15 is 0 Å². The van der Waals surface area contributed by atoms with Gasteiger partial charge in [-0.3, -0.25) is 9.89 Å². The molecule has 146 valence electrons. The Hall–Kier alpha value is -0.0800. The molecule has 3 rings (SSSR count). The van der Waals surface area contributed by atoms with Crippen LogP contribution in [0, 0.1) is 0 Å². The van der Waals surface area contributed by atoms with Gasteiger partial charge in [-0.15, -0.1) is 24.0 Å². The number of rotatable bonds is 4. The lowest BCUT2D eigenvalue weighted by molar-refractivity contribution is 0.0130. The van der Waals surface area contributed by atoms with Crippen molar-refractivity contribution in [2.45, 2.75) is 76.4 Å². The molecule has 0 aromatic rings. The lowest BCUT2D eigenvalue weighted by Gasteiger charge is -2.33. The normalized spacial score (nSPS) is 27.8. The predicted octanol–water partition coefficient (Wildman–Crippen LogP) is 2.83. The first kappa shape index (κ1) is 21.2. The van der Waals surface area contributed by atoms with Crippen LogP contribution in [0.3, 0.4) is 0 Å². The summed E-state index contributed by atoms with van der Waals surface area (Å²) in [7, 11) is 0. The van der Waals surface area contributed by atoms with Crippen molar-refractivity contribution < 1.29 is 5.11 Å². The van der Waals surface area contributed by atoms with Crippen LogP contribution < -0.4 is 5.32 Å². The highest BCUT2D eigenvalue weighted by Gasteiger charge is 2.32. The van der Waals surface area contributed by atoms with Crippen LogP contribution in [0.15, 0.2) is 4.99 Å².